The van der Waals surface area contributed by atoms with Crippen molar-refractivity contribution in [1.29, 1.82) is 0 Å². The fraction of sp³-hybridized carbons (Fsp3) is 0.588. The molecule has 3 nitrogen and oxygen atoms in total. The molecule has 2 rings (SSSR count). The summed E-state index contributed by atoms with van der Waals surface area (Å²) in [6, 6.07) is 7.05. The number of nitrogens with one attached hydrogen (secondary N) is 1. The molecule has 1 amide bonds. The minimum Gasteiger partial charge on any atom is -0.376 e. The van der Waals surface area contributed by atoms with Gasteiger partial charge in [-0.25, -0.2) is 0 Å². The van der Waals surface area contributed by atoms with Gasteiger partial charge in [0.05, 0.1) is 6.54 Å². The van der Waals surface area contributed by atoms with Crippen LogP contribution in [0, 0.1) is 13.8 Å². The molecule has 3 heteroatoms. The predicted octanol–water partition coefficient (Wildman–Crippen LogP) is 3.50. The topological polar surface area (TPSA) is 32.3 Å². The molecule has 1 N–H and O–H groups in total. The average molecular weight is 274 g/mol. The largest absolute Gasteiger partial charge is 0.376 e. The highest BCUT2D eigenvalue weighted by atomic mass is 16.2. The maximum absolute atomic E-state index is 12.4. The molecule has 2 atom stereocenters. The van der Waals surface area contributed by atoms with Crippen LogP contribution in [0.25, 0.3) is 0 Å². The number of likely N-dealkylation sites (tertiary alicyclic amines) is 1. The Morgan fingerprint density at radius 3 is 2.25 bits per heavy atom. The maximum Gasteiger partial charge on any atom is 0.242 e. The quantitative estimate of drug-likeness (QED) is 0.915. The van der Waals surface area contributed by atoms with Crippen LogP contribution in [-0.2, 0) is 4.79 Å². The van der Waals surface area contributed by atoms with E-state index in [9.17, 15) is 4.79 Å². The van der Waals surface area contributed by atoms with Gasteiger partial charge in [0, 0.05) is 17.8 Å². The molecule has 0 radical (unpaired) electrons. The van der Waals surface area contributed by atoms with Crippen LogP contribution in [0.1, 0.15) is 44.2 Å². The molecule has 1 aliphatic rings. The average Bonchev–Trinajstić information content (AvgIpc) is 2.35. The summed E-state index contributed by atoms with van der Waals surface area (Å²) in [5.41, 5.74) is 3.48. The lowest BCUT2D eigenvalue weighted by atomic mass is 9.97. The molecule has 1 heterocycles. The first kappa shape index (κ1) is 14.9. The van der Waals surface area contributed by atoms with Crippen LogP contribution >= 0.6 is 0 Å². The van der Waals surface area contributed by atoms with Crippen molar-refractivity contribution in [3.05, 3.63) is 29.3 Å². The van der Waals surface area contributed by atoms with Crippen LogP contribution in [0.15, 0.2) is 18.2 Å². The minimum atomic E-state index is 0.212. The van der Waals surface area contributed by atoms with E-state index in [4.69, 9.17) is 0 Å². The molecule has 1 aliphatic heterocycles. The van der Waals surface area contributed by atoms with Gasteiger partial charge in [0.1, 0.15) is 0 Å². The summed E-state index contributed by atoms with van der Waals surface area (Å²) in [5.74, 6) is 0.212. The first-order chi connectivity index (χ1) is 9.47. The predicted molar refractivity (Wildman–Crippen MR) is 84.0 cm³/mol. The molecule has 0 saturated carbocycles. The zero-order chi connectivity index (χ0) is 14.7. The number of anilines is 1. The molecule has 1 aromatic rings. The summed E-state index contributed by atoms with van der Waals surface area (Å²) in [6.07, 6.45) is 3.48. The highest BCUT2D eigenvalue weighted by molar-refractivity contribution is 5.81. The van der Waals surface area contributed by atoms with Gasteiger partial charge in [0.25, 0.3) is 0 Å². The van der Waals surface area contributed by atoms with E-state index >= 15 is 0 Å². The molecule has 0 bridgehead atoms. The fourth-order valence-corrected chi connectivity index (χ4v) is 3.26. The van der Waals surface area contributed by atoms with Gasteiger partial charge in [0.15, 0.2) is 0 Å². The Balaban J connectivity index is 1.97. The van der Waals surface area contributed by atoms with E-state index in [1.54, 1.807) is 0 Å². The van der Waals surface area contributed by atoms with Gasteiger partial charge in [-0.1, -0.05) is 6.07 Å². The lowest BCUT2D eigenvalue weighted by Crippen LogP contribution is -2.49. The van der Waals surface area contributed by atoms with Crippen molar-refractivity contribution in [2.75, 3.05) is 11.9 Å². The lowest BCUT2D eigenvalue weighted by Gasteiger charge is -2.39. The molecule has 0 aliphatic carbocycles. The van der Waals surface area contributed by atoms with E-state index in [2.05, 4.69) is 56.1 Å². The molecule has 0 spiro atoms. The number of amides is 1. The highest BCUT2D eigenvalue weighted by Crippen LogP contribution is 2.22. The van der Waals surface area contributed by atoms with Gasteiger partial charge >= 0.3 is 0 Å². The number of hydrogen-bond acceptors (Lipinski definition) is 2. The third kappa shape index (κ3) is 3.53. The second-order valence-electron chi connectivity index (χ2n) is 6.16. The zero-order valence-corrected chi connectivity index (χ0v) is 13.1. The Morgan fingerprint density at radius 1 is 1.15 bits per heavy atom. The van der Waals surface area contributed by atoms with Gasteiger partial charge in [0.2, 0.25) is 5.91 Å². The van der Waals surface area contributed by atoms with Crippen LogP contribution in [0.2, 0.25) is 0 Å². The molecule has 0 aromatic heterocycles. The first-order valence-corrected chi connectivity index (χ1v) is 7.60. The SMILES string of the molecule is Cc1cc(C)cc(NCC(=O)N2C(C)CCCC2C)c1. The number of hydrogen-bond donors (Lipinski definition) is 1. The van der Waals surface area contributed by atoms with E-state index in [-0.39, 0.29) is 5.91 Å². The monoisotopic (exact) mass is 274 g/mol. The number of nitrogens with zero attached hydrogens (tertiary/aromatic N) is 1. The molecule has 110 valence electrons. The normalized spacial score (nSPS) is 22.7. The summed E-state index contributed by atoms with van der Waals surface area (Å²) < 4.78 is 0. The molecule has 2 unspecified atom stereocenters. The summed E-state index contributed by atoms with van der Waals surface area (Å²) in [5, 5.41) is 3.27. The van der Waals surface area contributed by atoms with Crippen molar-refractivity contribution >= 4 is 11.6 Å². The van der Waals surface area contributed by atoms with Gasteiger partial charge in [-0.05, 0) is 70.2 Å². The molecular formula is C17H26N2O. The van der Waals surface area contributed by atoms with Crippen LogP contribution in [0.5, 0.6) is 0 Å². The third-order valence-electron chi connectivity index (χ3n) is 4.15. The fourth-order valence-electron chi connectivity index (χ4n) is 3.26. The van der Waals surface area contributed by atoms with Gasteiger partial charge in [-0.2, -0.15) is 0 Å². The van der Waals surface area contributed by atoms with Crippen molar-refractivity contribution in [3.8, 4) is 0 Å². The van der Waals surface area contributed by atoms with Crippen LogP contribution in [-0.4, -0.2) is 29.4 Å². The minimum absolute atomic E-state index is 0.212. The smallest absolute Gasteiger partial charge is 0.242 e. The van der Waals surface area contributed by atoms with Gasteiger partial charge in [-0.15, -0.1) is 0 Å². The number of rotatable bonds is 3. The summed E-state index contributed by atoms with van der Waals surface area (Å²) >= 11 is 0. The van der Waals surface area contributed by atoms with E-state index < -0.39 is 0 Å². The van der Waals surface area contributed by atoms with E-state index in [0.717, 1.165) is 18.5 Å². The van der Waals surface area contributed by atoms with Crippen molar-refractivity contribution in [1.82, 2.24) is 4.90 Å². The number of carbonyl (C=O) groups excluding carboxylic acids is 1. The van der Waals surface area contributed by atoms with Crippen LogP contribution in [0.4, 0.5) is 5.69 Å². The molecule has 1 aromatic carbocycles. The summed E-state index contributed by atoms with van der Waals surface area (Å²) in [7, 11) is 0. The highest BCUT2D eigenvalue weighted by Gasteiger charge is 2.28. The standard InChI is InChI=1S/C17H26N2O/c1-12-8-13(2)10-16(9-12)18-11-17(20)19-14(3)6-5-7-15(19)4/h8-10,14-15,18H,5-7,11H2,1-4H3. The molecule has 20 heavy (non-hydrogen) atoms. The van der Waals surface area contributed by atoms with E-state index in [1.165, 1.54) is 17.5 Å². The van der Waals surface area contributed by atoms with Crippen molar-refractivity contribution in [2.45, 2.75) is 59.0 Å². The Morgan fingerprint density at radius 2 is 1.70 bits per heavy atom. The second kappa shape index (κ2) is 6.29. The van der Waals surface area contributed by atoms with Crippen molar-refractivity contribution in [3.63, 3.8) is 0 Å². The number of carbonyl (C=O) groups is 1. The molecule has 1 saturated heterocycles. The van der Waals surface area contributed by atoms with Gasteiger partial charge < -0.3 is 10.2 Å². The zero-order valence-electron chi connectivity index (χ0n) is 13.1. The molecule has 1 fully saturated rings. The lowest BCUT2D eigenvalue weighted by molar-refractivity contribution is -0.135. The summed E-state index contributed by atoms with van der Waals surface area (Å²) in [6.45, 7) is 8.86. The summed E-state index contributed by atoms with van der Waals surface area (Å²) in [4.78, 5) is 14.5. The Hall–Kier alpha value is -1.51. The van der Waals surface area contributed by atoms with Crippen LogP contribution in [0.3, 0.4) is 0 Å². The van der Waals surface area contributed by atoms with Crippen molar-refractivity contribution in [2.24, 2.45) is 0 Å². The Labute approximate surface area is 122 Å². The van der Waals surface area contributed by atoms with E-state index in [0.29, 0.717) is 18.6 Å². The van der Waals surface area contributed by atoms with Crippen LogP contribution < -0.4 is 5.32 Å². The number of piperidine rings is 1. The first-order valence-electron chi connectivity index (χ1n) is 7.60. The van der Waals surface area contributed by atoms with Gasteiger partial charge in [-0.3, -0.25) is 4.79 Å². The Bertz CT molecular complexity index is 454. The van der Waals surface area contributed by atoms with Crippen molar-refractivity contribution < 1.29 is 4.79 Å². The second-order valence-corrected chi connectivity index (χ2v) is 6.16. The number of aryl methyl sites for hydroxylation is 2. The molecular weight excluding hydrogens is 248 g/mol. The third-order valence-corrected chi connectivity index (χ3v) is 4.15. The van der Waals surface area contributed by atoms with E-state index in [1.807, 2.05) is 0 Å². The maximum atomic E-state index is 12.4. The Kier molecular flexibility index (Phi) is 4.69. The number of benzene rings is 1.